The Morgan fingerprint density at radius 2 is 0.900 bits per heavy atom. The number of para-hydroxylation sites is 2. The van der Waals surface area contributed by atoms with Crippen LogP contribution >= 0.6 is 0 Å². The molecule has 6 nitrogen and oxygen atoms in total. The van der Waals surface area contributed by atoms with Crippen molar-refractivity contribution in [3.8, 4) is 23.0 Å². The minimum atomic E-state index is -0.258. The monoisotopic (exact) mass is 528 g/mol. The van der Waals surface area contributed by atoms with Crippen LogP contribution in [-0.2, 0) is 0 Å². The molecule has 4 N–H and O–H groups in total. The summed E-state index contributed by atoms with van der Waals surface area (Å²) in [6.45, 7) is 3.76. The van der Waals surface area contributed by atoms with E-state index in [-0.39, 0.29) is 11.6 Å². The SMILES string of the molecule is Cc1cccc(C(=O)c2cccc(C(=O)c3cccc(C)c3Oc3ccc(N)cc3)c2)c1Oc1ccc(N)cc1. The number of ether oxygens (including phenoxy) is 2. The fourth-order valence-electron chi connectivity index (χ4n) is 4.35. The van der Waals surface area contributed by atoms with Crippen molar-refractivity contribution in [2.24, 2.45) is 0 Å². The fraction of sp³-hybridized carbons (Fsp3) is 0.0588. The molecule has 0 bridgehead atoms. The van der Waals surface area contributed by atoms with Gasteiger partial charge in [0.15, 0.2) is 11.6 Å². The topological polar surface area (TPSA) is 105 Å². The van der Waals surface area contributed by atoms with Crippen LogP contribution in [-0.4, -0.2) is 11.6 Å². The van der Waals surface area contributed by atoms with Crippen LogP contribution in [0.25, 0.3) is 0 Å². The molecule has 40 heavy (non-hydrogen) atoms. The second-order valence-corrected chi connectivity index (χ2v) is 9.48. The summed E-state index contributed by atoms with van der Waals surface area (Å²) in [7, 11) is 0. The van der Waals surface area contributed by atoms with Crippen LogP contribution in [0.15, 0.2) is 109 Å². The minimum Gasteiger partial charge on any atom is -0.456 e. The third-order valence-electron chi connectivity index (χ3n) is 6.50. The van der Waals surface area contributed by atoms with Crippen molar-refractivity contribution in [1.29, 1.82) is 0 Å². The number of benzene rings is 5. The molecule has 198 valence electrons. The predicted octanol–water partition coefficient (Wildman–Crippen LogP) is 7.51. The molecule has 0 heterocycles. The lowest BCUT2D eigenvalue weighted by Gasteiger charge is -2.15. The molecule has 0 atom stereocenters. The lowest BCUT2D eigenvalue weighted by Crippen LogP contribution is -2.09. The quantitative estimate of drug-likeness (QED) is 0.159. The molecule has 0 spiro atoms. The summed E-state index contributed by atoms with van der Waals surface area (Å²) in [5.41, 5.74) is 16.0. The zero-order valence-electron chi connectivity index (χ0n) is 22.2. The van der Waals surface area contributed by atoms with E-state index in [4.69, 9.17) is 20.9 Å². The second kappa shape index (κ2) is 11.2. The van der Waals surface area contributed by atoms with Crippen LogP contribution in [0.3, 0.4) is 0 Å². The number of hydrogen-bond acceptors (Lipinski definition) is 6. The van der Waals surface area contributed by atoms with Gasteiger partial charge in [0.05, 0.1) is 11.1 Å². The molecule has 0 saturated carbocycles. The summed E-state index contributed by atoms with van der Waals surface area (Å²) < 4.78 is 12.2. The van der Waals surface area contributed by atoms with Gasteiger partial charge < -0.3 is 20.9 Å². The van der Waals surface area contributed by atoms with Crippen molar-refractivity contribution in [3.05, 3.63) is 143 Å². The van der Waals surface area contributed by atoms with E-state index in [0.717, 1.165) is 11.1 Å². The minimum absolute atomic E-state index is 0.258. The number of hydrogen-bond donors (Lipinski definition) is 2. The van der Waals surface area contributed by atoms with Crippen LogP contribution in [0.2, 0.25) is 0 Å². The van der Waals surface area contributed by atoms with Crippen molar-refractivity contribution < 1.29 is 19.1 Å². The van der Waals surface area contributed by atoms with Crippen LogP contribution in [0.4, 0.5) is 11.4 Å². The number of aryl methyl sites for hydroxylation is 2. The number of nitrogens with two attached hydrogens (primary N) is 2. The van der Waals surface area contributed by atoms with Crippen LogP contribution in [0.5, 0.6) is 23.0 Å². The Hall–Kier alpha value is -5.36. The molecule has 0 saturated heterocycles. The summed E-state index contributed by atoms with van der Waals surface area (Å²) in [6, 6.07) is 31.4. The largest absolute Gasteiger partial charge is 0.456 e. The van der Waals surface area contributed by atoms with Crippen LogP contribution in [0, 0.1) is 13.8 Å². The van der Waals surface area contributed by atoms with E-state index >= 15 is 0 Å². The van der Waals surface area contributed by atoms with Gasteiger partial charge in [-0.15, -0.1) is 0 Å². The van der Waals surface area contributed by atoms with Gasteiger partial charge in [-0.05, 0) is 91.7 Å². The lowest BCUT2D eigenvalue weighted by molar-refractivity contribution is 0.103. The number of rotatable bonds is 8. The average Bonchev–Trinajstić information content (AvgIpc) is 2.96. The molecule has 0 fully saturated rings. The lowest BCUT2D eigenvalue weighted by atomic mass is 9.95. The smallest absolute Gasteiger partial charge is 0.196 e. The average molecular weight is 529 g/mol. The van der Waals surface area contributed by atoms with Crippen molar-refractivity contribution >= 4 is 22.9 Å². The Bertz CT molecular complexity index is 1580. The molecule has 0 aromatic heterocycles. The first-order chi connectivity index (χ1) is 19.3. The van der Waals surface area contributed by atoms with E-state index in [9.17, 15) is 9.59 Å². The highest BCUT2D eigenvalue weighted by Crippen LogP contribution is 2.33. The van der Waals surface area contributed by atoms with Gasteiger partial charge in [-0.1, -0.05) is 42.5 Å². The van der Waals surface area contributed by atoms with Gasteiger partial charge in [-0.3, -0.25) is 9.59 Å². The maximum absolute atomic E-state index is 13.7. The number of ketones is 2. The van der Waals surface area contributed by atoms with Gasteiger partial charge in [0.25, 0.3) is 0 Å². The van der Waals surface area contributed by atoms with Gasteiger partial charge in [0.1, 0.15) is 23.0 Å². The van der Waals surface area contributed by atoms with Crippen molar-refractivity contribution in [2.75, 3.05) is 11.5 Å². The van der Waals surface area contributed by atoms with Gasteiger partial charge in [-0.25, -0.2) is 0 Å². The number of anilines is 2. The van der Waals surface area contributed by atoms with E-state index in [1.807, 2.05) is 26.0 Å². The highest BCUT2D eigenvalue weighted by molar-refractivity contribution is 6.15. The molecule has 5 aromatic carbocycles. The van der Waals surface area contributed by atoms with Gasteiger partial charge in [-0.2, -0.15) is 0 Å². The second-order valence-electron chi connectivity index (χ2n) is 9.48. The summed E-state index contributed by atoms with van der Waals surface area (Å²) in [5.74, 6) is 1.51. The Morgan fingerprint density at radius 1 is 0.525 bits per heavy atom. The summed E-state index contributed by atoms with van der Waals surface area (Å²) in [5, 5.41) is 0. The molecular formula is C34H28N2O4. The number of carbonyl (C=O) groups excluding carboxylic acids is 2. The fourth-order valence-corrected chi connectivity index (χ4v) is 4.35. The van der Waals surface area contributed by atoms with E-state index in [2.05, 4.69) is 0 Å². The Kier molecular flexibility index (Phi) is 7.33. The highest BCUT2D eigenvalue weighted by Gasteiger charge is 2.21. The first kappa shape index (κ1) is 26.3. The normalized spacial score (nSPS) is 10.7. The molecular weight excluding hydrogens is 500 g/mol. The zero-order valence-corrected chi connectivity index (χ0v) is 22.2. The van der Waals surface area contributed by atoms with Crippen LogP contribution in [0.1, 0.15) is 43.0 Å². The maximum atomic E-state index is 13.7. The Morgan fingerprint density at radius 3 is 1.30 bits per heavy atom. The molecule has 0 aliphatic carbocycles. The first-order valence-corrected chi connectivity index (χ1v) is 12.8. The first-order valence-electron chi connectivity index (χ1n) is 12.8. The predicted molar refractivity (Wildman–Crippen MR) is 158 cm³/mol. The molecule has 0 aliphatic heterocycles. The number of carbonyl (C=O) groups is 2. The molecule has 5 aromatic rings. The van der Waals surface area contributed by atoms with Gasteiger partial charge >= 0.3 is 0 Å². The van der Waals surface area contributed by atoms with Crippen LogP contribution < -0.4 is 20.9 Å². The standard InChI is InChI=1S/C34H28N2O4/c1-21-6-3-10-29(33(21)39-27-16-12-25(35)13-17-27)31(37)23-8-5-9-24(20-23)32(38)30-11-4-7-22(2)34(30)40-28-18-14-26(36)15-19-28/h3-20H,35-36H2,1-2H3. The number of nitrogen functional groups attached to an aromatic ring is 2. The highest BCUT2D eigenvalue weighted by atomic mass is 16.5. The van der Waals surface area contributed by atoms with E-state index in [1.165, 1.54) is 0 Å². The Labute approximate surface area is 232 Å². The van der Waals surface area contributed by atoms with Crippen molar-refractivity contribution in [3.63, 3.8) is 0 Å². The molecule has 5 rings (SSSR count). The molecule has 0 amide bonds. The molecule has 0 radical (unpaired) electrons. The van der Waals surface area contributed by atoms with Gasteiger partial charge in [0.2, 0.25) is 0 Å². The molecule has 6 heteroatoms. The summed E-state index contributed by atoms with van der Waals surface area (Å²) in [6.07, 6.45) is 0. The Balaban J connectivity index is 1.47. The molecule has 0 unspecified atom stereocenters. The summed E-state index contributed by atoms with van der Waals surface area (Å²) >= 11 is 0. The van der Waals surface area contributed by atoms with E-state index in [1.54, 1.807) is 97.1 Å². The van der Waals surface area contributed by atoms with Crippen molar-refractivity contribution in [1.82, 2.24) is 0 Å². The summed E-state index contributed by atoms with van der Waals surface area (Å²) in [4.78, 5) is 27.4. The van der Waals surface area contributed by atoms with Crippen molar-refractivity contribution in [2.45, 2.75) is 13.8 Å². The van der Waals surface area contributed by atoms with E-state index in [0.29, 0.717) is 56.6 Å². The maximum Gasteiger partial charge on any atom is 0.196 e. The third kappa shape index (κ3) is 5.56. The van der Waals surface area contributed by atoms with Gasteiger partial charge in [0, 0.05) is 22.5 Å². The van der Waals surface area contributed by atoms with E-state index < -0.39 is 0 Å². The molecule has 0 aliphatic rings. The zero-order chi connectivity index (χ0) is 28.2. The third-order valence-corrected chi connectivity index (χ3v) is 6.50.